The van der Waals surface area contributed by atoms with Crippen LogP contribution in [0.25, 0.3) is 0 Å². The smallest absolute Gasteiger partial charge is 0.307 e. The lowest BCUT2D eigenvalue weighted by Gasteiger charge is -2.19. The van der Waals surface area contributed by atoms with Gasteiger partial charge in [0.25, 0.3) is 0 Å². The summed E-state index contributed by atoms with van der Waals surface area (Å²) in [7, 11) is 2.09. The second-order valence-electron chi connectivity index (χ2n) is 3.78. The predicted octanol–water partition coefficient (Wildman–Crippen LogP) is 0.233. The third kappa shape index (κ3) is 4.07. The van der Waals surface area contributed by atoms with E-state index in [0.29, 0.717) is 13.0 Å². The van der Waals surface area contributed by atoms with Crippen LogP contribution in [0.2, 0.25) is 0 Å². The minimum atomic E-state index is -0.0969. The molecular formula is C10H20N2O2. The van der Waals surface area contributed by atoms with Crippen LogP contribution in [0.5, 0.6) is 0 Å². The van der Waals surface area contributed by atoms with E-state index in [9.17, 15) is 4.79 Å². The van der Waals surface area contributed by atoms with E-state index in [-0.39, 0.29) is 12.0 Å². The number of hydrogen-bond acceptors (Lipinski definition) is 4. The Labute approximate surface area is 85.6 Å². The van der Waals surface area contributed by atoms with Gasteiger partial charge in [0.2, 0.25) is 0 Å². The van der Waals surface area contributed by atoms with Crippen LogP contribution in [-0.2, 0) is 9.53 Å². The van der Waals surface area contributed by atoms with Crippen LogP contribution < -0.4 is 5.32 Å². The van der Waals surface area contributed by atoms with Gasteiger partial charge in [-0.05, 0) is 33.5 Å². The Hall–Kier alpha value is -0.610. The summed E-state index contributed by atoms with van der Waals surface area (Å²) in [5, 5.41) is 3.36. The van der Waals surface area contributed by atoms with Crippen molar-refractivity contribution in [3.8, 4) is 0 Å². The molecule has 1 aliphatic heterocycles. The van der Waals surface area contributed by atoms with Crippen LogP contribution in [0.3, 0.4) is 0 Å². The highest BCUT2D eigenvalue weighted by Gasteiger charge is 2.18. The molecule has 0 bridgehead atoms. The summed E-state index contributed by atoms with van der Waals surface area (Å²) in [6.07, 6.45) is 1.63. The van der Waals surface area contributed by atoms with Gasteiger partial charge in [0.1, 0.15) is 0 Å². The average molecular weight is 200 g/mol. The average Bonchev–Trinajstić information content (AvgIpc) is 2.30. The SMILES string of the molecule is CCOC(=O)CC1CN(C)CCCN1. The van der Waals surface area contributed by atoms with E-state index < -0.39 is 0 Å². The Balaban J connectivity index is 2.31. The molecule has 0 radical (unpaired) electrons. The first kappa shape index (κ1) is 11.5. The number of carbonyl (C=O) groups is 1. The Bertz CT molecular complexity index is 185. The lowest BCUT2D eigenvalue weighted by Crippen LogP contribution is -2.38. The monoisotopic (exact) mass is 200 g/mol. The molecule has 1 fully saturated rings. The van der Waals surface area contributed by atoms with Crippen LogP contribution in [0.15, 0.2) is 0 Å². The zero-order valence-corrected chi connectivity index (χ0v) is 9.08. The summed E-state index contributed by atoms with van der Waals surface area (Å²) in [5.74, 6) is -0.0969. The number of hydrogen-bond donors (Lipinski definition) is 1. The quantitative estimate of drug-likeness (QED) is 0.662. The molecule has 14 heavy (non-hydrogen) atoms. The summed E-state index contributed by atoms with van der Waals surface area (Å²) in [6, 6.07) is 0.251. The molecule has 0 aromatic heterocycles. The Morgan fingerprint density at radius 1 is 1.64 bits per heavy atom. The van der Waals surface area contributed by atoms with Crippen LogP contribution in [0, 0.1) is 0 Å². The molecule has 1 N–H and O–H groups in total. The van der Waals surface area contributed by atoms with Gasteiger partial charge < -0.3 is 15.0 Å². The number of esters is 1. The van der Waals surface area contributed by atoms with Crippen LogP contribution in [-0.4, -0.2) is 50.2 Å². The first-order valence-corrected chi connectivity index (χ1v) is 5.30. The molecule has 0 spiro atoms. The van der Waals surface area contributed by atoms with Crippen molar-refractivity contribution in [2.75, 3.05) is 33.3 Å². The zero-order valence-electron chi connectivity index (χ0n) is 9.08. The molecule has 0 aromatic carbocycles. The summed E-state index contributed by atoms with van der Waals surface area (Å²) in [5.41, 5.74) is 0. The van der Waals surface area contributed by atoms with Gasteiger partial charge in [-0.2, -0.15) is 0 Å². The van der Waals surface area contributed by atoms with E-state index in [2.05, 4.69) is 17.3 Å². The molecule has 1 unspecified atom stereocenters. The van der Waals surface area contributed by atoms with Crippen molar-refractivity contribution in [1.29, 1.82) is 0 Å². The normalized spacial score (nSPS) is 24.3. The van der Waals surface area contributed by atoms with E-state index >= 15 is 0 Å². The van der Waals surface area contributed by atoms with Crippen LogP contribution >= 0.6 is 0 Å². The second kappa shape index (κ2) is 5.98. The van der Waals surface area contributed by atoms with E-state index in [1.165, 1.54) is 0 Å². The fourth-order valence-electron chi connectivity index (χ4n) is 1.75. The van der Waals surface area contributed by atoms with E-state index in [0.717, 1.165) is 26.1 Å². The van der Waals surface area contributed by atoms with Crippen molar-refractivity contribution in [2.24, 2.45) is 0 Å². The maximum atomic E-state index is 11.2. The summed E-state index contributed by atoms with van der Waals surface area (Å²) in [4.78, 5) is 13.5. The van der Waals surface area contributed by atoms with E-state index in [1.807, 2.05) is 6.92 Å². The van der Waals surface area contributed by atoms with Gasteiger partial charge in [-0.25, -0.2) is 0 Å². The van der Waals surface area contributed by atoms with Gasteiger partial charge >= 0.3 is 5.97 Å². The molecule has 0 aromatic rings. The first-order valence-electron chi connectivity index (χ1n) is 5.30. The van der Waals surface area contributed by atoms with Gasteiger partial charge in [-0.1, -0.05) is 0 Å². The minimum Gasteiger partial charge on any atom is -0.466 e. The number of likely N-dealkylation sites (N-methyl/N-ethyl adjacent to an activating group) is 1. The van der Waals surface area contributed by atoms with Crippen molar-refractivity contribution in [2.45, 2.75) is 25.8 Å². The van der Waals surface area contributed by atoms with Gasteiger partial charge in [0.15, 0.2) is 0 Å². The highest BCUT2D eigenvalue weighted by atomic mass is 16.5. The Morgan fingerprint density at radius 2 is 2.43 bits per heavy atom. The van der Waals surface area contributed by atoms with Crippen LogP contribution in [0.1, 0.15) is 19.8 Å². The summed E-state index contributed by atoms with van der Waals surface area (Å²) >= 11 is 0. The van der Waals surface area contributed by atoms with Crippen molar-refractivity contribution in [3.05, 3.63) is 0 Å². The van der Waals surface area contributed by atoms with E-state index in [1.54, 1.807) is 0 Å². The highest BCUT2D eigenvalue weighted by molar-refractivity contribution is 5.70. The number of ether oxygens (including phenoxy) is 1. The molecule has 1 saturated heterocycles. The number of carbonyl (C=O) groups excluding carboxylic acids is 1. The molecule has 1 atom stereocenters. The standard InChI is InChI=1S/C10H20N2O2/c1-3-14-10(13)7-9-8-12(2)6-4-5-11-9/h9,11H,3-8H2,1-2H3. The lowest BCUT2D eigenvalue weighted by molar-refractivity contribution is -0.143. The maximum absolute atomic E-state index is 11.2. The van der Waals surface area contributed by atoms with Gasteiger partial charge in [0.05, 0.1) is 13.0 Å². The van der Waals surface area contributed by atoms with Crippen molar-refractivity contribution in [1.82, 2.24) is 10.2 Å². The van der Waals surface area contributed by atoms with Gasteiger partial charge in [0, 0.05) is 12.6 Å². The van der Waals surface area contributed by atoms with Crippen LogP contribution in [0.4, 0.5) is 0 Å². The predicted molar refractivity (Wildman–Crippen MR) is 55.2 cm³/mol. The lowest BCUT2D eigenvalue weighted by atomic mass is 10.2. The number of nitrogens with one attached hydrogen (secondary N) is 1. The molecule has 1 aliphatic rings. The molecule has 0 saturated carbocycles. The van der Waals surface area contributed by atoms with Gasteiger partial charge in [-0.3, -0.25) is 4.79 Å². The first-order chi connectivity index (χ1) is 6.72. The molecule has 1 heterocycles. The second-order valence-corrected chi connectivity index (χ2v) is 3.78. The zero-order chi connectivity index (χ0) is 10.4. The molecule has 4 heteroatoms. The molecule has 1 rings (SSSR count). The number of nitrogens with zero attached hydrogens (tertiary/aromatic N) is 1. The van der Waals surface area contributed by atoms with Crippen molar-refractivity contribution in [3.63, 3.8) is 0 Å². The topological polar surface area (TPSA) is 41.6 Å². The van der Waals surface area contributed by atoms with E-state index in [4.69, 9.17) is 4.74 Å². The molecule has 0 amide bonds. The van der Waals surface area contributed by atoms with Gasteiger partial charge in [-0.15, -0.1) is 0 Å². The largest absolute Gasteiger partial charge is 0.466 e. The number of rotatable bonds is 3. The third-order valence-corrected chi connectivity index (χ3v) is 2.40. The fourth-order valence-corrected chi connectivity index (χ4v) is 1.75. The Morgan fingerprint density at radius 3 is 3.14 bits per heavy atom. The summed E-state index contributed by atoms with van der Waals surface area (Å²) in [6.45, 7) is 5.34. The molecular weight excluding hydrogens is 180 g/mol. The molecule has 0 aliphatic carbocycles. The van der Waals surface area contributed by atoms with Crippen molar-refractivity contribution < 1.29 is 9.53 Å². The maximum Gasteiger partial charge on any atom is 0.307 e. The Kier molecular flexibility index (Phi) is 4.90. The van der Waals surface area contributed by atoms with Crippen molar-refractivity contribution >= 4 is 5.97 Å². The fraction of sp³-hybridized carbons (Fsp3) is 0.900. The highest BCUT2D eigenvalue weighted by Crippen LogP contribution is 2.02. The molecule has 82 valence electrons. The summed E-state index contributed by atoms with van der Waals surface area (Å²) < 4.78 is 4.92. The minimum absolute atomic E-state index is 0.0969. The molecule has 4 nitrogen and oxygen atoms in total. The third-order valence-electron chi connectivity index (χ3n) is 2.40.